The van der Waals surface area contributed by atoms with E-state index in [-0.39, 0.29) is 23.8 Å². The van der Waals surface area contributed by atoms with Crippen LogP contribution in [0, 0.1) is 13.8 Å². The molecule has 0 aliphatic carbocycles. The van der Waals surface area contributed by atoms with E-state index in [9.17, 15) is 9.59 Å². The first-order valence-electron chi connectivity index (χ1n) is 11.8. The summed E-state index contributed by atoms with van der Waals surface area (Å²) in [6.45, 7) is 7.22. The van der Waals surface area contributed by atoms with E-state index in [1.54, 1.807) is 23.4 Å². The molecule has 1 fully saturated rings. The predicted octanol–water partition coefficient (Wildman–Crippen LogP) is 3.85. The maximum absolute atomic E-state index is 12.7. The molecule has 0 saturated carbocycles. The molecule has 1 aliphatic heterocycles. The average Bonchev–Trinajstić information content (AvgIpc) is 3.18. The number of para-hydroxylation sites is 1. The molecule has 0 unspecified atom stereocenters. The molecule has 1 N–H and O–H groups in total. The zero-order valence-corrected chi connectivity index (χ0v) is 21.4. The molecule has 0 spiro atoms. The lowest BCUT2D eigenvalue weighted by atomic mass is 10.1. The third-order valence-electron chi connectivity index (χ3n) is 5.97. The Hall–Kier alpha value is -3.27. The molecule has 35 heavy (non-hydrogen) atoms. The molecule has 1 aromatic carbocycles. The number of amides is 2. The Morgan fingerprint density at radius 1 is 1.20 bits per heavy atom. The SMILES string of the molecule is CCOC(=O)N1CCC(NC(=O)CSc2cc(C)nc3c(-c4ccccc4OC)c(C)nn23)CC1. The number of hydrogen-bond donors (Lipinski definition) is 1. The second-order valence-electron chi connectivity index (χ2n) is 8.45. The van der Waals surface area contributed by atoms with Crippen molar-refractivity contribution in [2.24, 2.45) is 0 Å². The van der Waals surface area contributed by atoms with Crippen LogP contribution in [0.4, 0.5) is 4.79 Å². The third kappa shape index (κ3) is 5.53. The first-order valence-corrected chi connectivity index (χ1v) is 12.7. The van der Waals surface area contributed by atoms with Gasteiger partial charge in [-0.15, -0.1) is 0 Å². The third-order valence-corrected chi connectivity index (χ3v) is 6.97. The van der Waals surface area contributed by atoms with Crippen LogP contribution in [0.25, 0.3) is 16.8 Å². The Balaban J connectivity index is 1.45. The van der Waals surface area contributed by atoms with Gasteiger partial charge in [0.2, 0.25) is 5.91 Å². The minimum absolute atomic E-state index is 0.0407. The number of benzene rings is 1. The Kier molecular flexibility index (Phi) is 7.80. The van der Waals surface area contributed by atoms with E-state index in [2.05, 4.69) is 5.32 Å². The van der Waals surface area contributed by atoms with E-state index in [1.807, 2.05) is 44.2 Å². The van der Waals surface area contributed by atoms with Crippen molar-refractivity contribution in [1.82, 2.24) is 24.8 Å². The Morgan fingerprint density at radius 3 is 2.66 bits per heavy atom. The summed E-state index contributed by atoms with van der Waals surface area (Å²) in [5.74, 6) is 0.983. The van der Waals surface area contributed by atoms with Crippen LogP contribution in [0.15, 0.2) is 35.4 Å². The van der Waals surface area contributed by atoms with Crippen LogP contribution in [-0.4, -0.2) is 70.1 Å². The summed E-state index contributed by atoms with van der Waals surface area (Å²) >= 11 is 1.43. The molecule has 9 nitrogen and oxygen atoms in total. The minimum Gasteiger partial charge on any atom is -0.496 e. The fourth-order valence-corrected chi connectivity index (χ4v) is 5.18. The standard InChI is InChI=1S/C25H31N5O4S/c1-5-34-25(32)29-12-10-18(11-13-29)27-21(31)15-35-22-14-16(2)26-24-23(17(3)28-30(22)24)19-8-6-7-9-20(19)33-4/h6-9,14,18H,5,10-13,15H2,1-4H3,(H,27,31). The second-order valence-corrected chi connectivity index (χ2v) is 9.44. The lowest BCUT2D eigenvalue weighted by Gasteiger charge is -2.31. The highest BCUT2D eigenvalue weighted by atomic mass is 32.2. The zero-order chi connectivity index (χ0) is 24.9. The molecule has 186 valence electrons. The zero-order valence-electron chi connectivity index (χ0n) is 20.5. The van der Waals surface area contributed by atoms with Crippen LogP contribution in [0.2, 0.25) is 0 Å². The summed E-state index contributed by atoms with van der Waals surface area (Å²) in [7, 11) is 1.65. The molecule has 2 amide bonds. The van der Waals surface area contributed by atoms with E-state index in [0.717, 1.165) is 38.9 Å². The maximum Gasteiger partial charge on any atom is 0.409 e. The maximum atomic E-state index is 12.7. The number of carbonyl (C=O) groups excluding carboxylic acids is 2. The number of thioether (sulfide) groups is 1. The monoisotopic (exact) mass is 497 g/mol. The molecule has 0 bridgehead atoms. The summed E-state index contributed by atoms with van der Waals surface area (Å²) < 4.78 is 12.4. The van der Waals surface area contributed by atoms with Crippen molar-refractivity contribution in [3.05, 3.63) is 41.7 Å². The first kappa shape index (κ1) is 24.8. The fourth-order valence-electron chi connectivity index (χ4n) is 4.31. The van der Waals surface area contributed by atoms with Gasteiger partial charge in [0.25, 0.3) is 0 Å². The van der Waals surface area contributed by atoms with Crippen LogP contribution in [-0.2, 0) is 9.53 Å². The van der Waals surface area contributed by atoms with Gasteiger partial charge >= 0.3 is 6.09 Å². The lowest BCUT2D eigenvalue weighted by molar-refractivity contribution is -0.119. The van der Waals surface area contributed by atoms with Gasteiger partial charge in [-0.3, -0.25) is 4.79 Å². The molecule has 3 heterocycles. The molecule has 1 saturated heterocycles. The van der Waals surface area contributed by atoms with Gasteiger partial charge in [-0.25, -0.2) is 14.3 Å². The van der Waals surface area contributed by atoms with E-state index in [4.69, 9.17) is 19.6 Å². The molecular formula is C25H31N5O4S. The number of rotatable bonds is 7. The number of piperidine rings is 1. The highest BCUT2D eigenvalue weighted by molar-refractivity contribution is 7.99. The number of likely N-dealkylation sites (tertiary alicyclic amines) is 1. The molecule has 1 aliphatic rings. The number of fused-ring (bicyclic) bond motifs is 1. The number of carbonyl (C=O) groups is 2. The lowest BCUT2D eigenvalue weighted by Crippen LogP contribution is -2.47. The van der Waals surface area contributed by atoms with Gasteiger partial charge in [-0.05, 0) is 45.7 Å². The number of aryl methyl sites for hydroxylation is 2. The summed E-state index contributed by atoms with van der Waals surface area (Å²) in [6, 6.07) is 9.82. The molecule has 2 aromatic heterocycles. The van der Waals surface area contributed by atoms with Gasteiger partial charge in [0.05, 0.1) is 30.7 Å². The quantitative estimate of drug-likeness (QED) is 0.391. The topological polar surface area (TPSA) is 98.1 Å². The van der Waals surface area contributed by atoms with Crippen molar-refractivity contribution in [3.63, 3.8) is 0 Å². The highest BCUT2D eigenvalue weighted by Gasteiger charge is 2.25. The van der Waals surface area contributed by atoms with Crippen LogP contribution in [0.3, 0.4) is 0 Å². The fraction of sp³-hybridized carbons (Fsp3) is 0.440. The van der Waals surface area contributed by atoms with Crippen LogP contribution in [0.5, 0.6) is 5.75 Å². The summed E-state index contributed by atoms with van der Waals surface area (Å²) in [6.07, 6.45) is 1.15. The van der Waals surface area contributed by atoms with Crippen molar-refractivity contribution in [1.29, 1.82) is 0 Å². The number of ether oxygens (including phenoxy) is 2. The average molecular weight is 498 g/mol. The summed E-state index contributed by atoms with van der Waals surface area (Å²) in [5, 5.41) is 8.69. The smallest absolute Gasteiger partial charge is 0.409 e. The molecule has 10 heteroatoms. The number of nitrogens with zero attached hydrogens (tertiary/aromatic N) is 4. The van der Waals surface area contributed by atoms with Crippen LogP contribution < -0.4 is 10.1 Å². The van der Waals surface area contributed by atoms with Crippen molar-refractivity contribution < 1.29 is 19.1 Å². The highest BCUT2D eigenvalue weighted by Crippen LogP contribution is 2.35. The van der Waals surface area contributed by atoms with E-state index < -0.39 is 0 Å². The predicted molar refractivity (Wildman–Crippen MR) is 135 cm³/mol. The second kappa shape index (κ2) is 11.0. The van der Waals surface area contributed by atoms with Crippen molar-refractivity contribution in [2.75, 3.05) is 32.6 Å². The molecule has 3 aromatic rings. The first-order chi connectivity index (χ1) is 16.9. The van der Waals surface area contributed by atoms with Crippen LogP contribution in [0.1, 0.15) is 31.2 Å². The minimum atomic E-state index is -0.285. The Morgan fingerprint density at radius 2 is 1.94 bits per heavy atom. The number of aromatic nitrogens is 3. The van der Waals surface area contributed by atoms with Gasteiger partial charge < -0.3 is 19.7 Å². The van der Waals surface area contributed by atoms with Crippen LogP contribution >= 0.6 is 11.8 Å². The molecule has 0 atom stereocenters. The Labute approximate surface area is 209 Å². The largest absolute Gasteiger partial charge is 0.496 e. The Bertz CT molecular complexity index is 1220. The number of nitrogens with one attached hydrogen (secondary N) is 1. The van der Waals surface area contributed by atoms with E-state index in [1.165, 1.54) is 11.8 Å². The number of hydrogen-bond acceptors (Lipinski definition) is 7. The van der Waals surface area contributed by atoms with Gasteiger partial charge in [0.15, 0.2) is 5.65 Å². The summed E-state index contributed by atoms with van der Waals surface area (Å²) in [4.78, 5) is 31.0. The van der Waals surface area contributed by atoms with E-state index >= 15 is 0 Å². The van der Waals surface area contributed by atoms with Crippen molar-refractivity contribution in [3.8, 4) is 16.9 Å². The van der Waals surface area contributed by atoms with Gasteiger partial charge in [0.1, 0.15) is 10.8 Å². The number of methoxy groups -OCH3 is 1. The van der Waals surface area contributed by atoms with E-state index in [0.29, 0.717) is 32.5 Å². The van der Waals surface area contributed by atoms with Crippen molar-refractivity contribution in [2.45, 2.75) is 44.7 Å². The van der Waals surface area contributed by atoms with Crippen molar-refractivity contribution >= 4 is 29.4 Å². The van der Waals surface area contributed by atoms with Gasteiger partial charge in [-0.2, -0.15) is 5.10 Å². The molecule has 4 rings (SSSR count). The molecule has 0 radical (unpaired) electrons. The van der Waals surface area contributed by atoms with Gasteiger partial charge in [-0.1, -0.05) is 30.0 Å². The van der Waals surface area contributed by atoms with Gasteiger partial charge in [0, 0.05) is 30.4 Å². The summed E-state index contributed by atoms with van der Waals surface area (Å²) in [5.41, 5.74) is 4.28. The normalized spacial score (nSPS) is 14.2. The molecular weight excluding hydrogens is 466 g/mol.